The van der Waals surface area contributed by atoms with Crippen molar-refractivity contribution in [1.82, 2.24) is 0 Å². The van der Waals surface area contributed by atoms with E-state index in [2.05, 4.69) is 5.32 Å². The summed E-state index contributed by atoms with van der Waals surface area (Å²) in [7, 11) is 0. The molecule has 0 spiro atoms. The summed E-state index contributed by atoms with van der Waals surface area (Å²) in [5.74, 6) is 0.261. The van der Waals surface area contributed by atoms with Gasteiger partial charge in [-0.25, -0.2) is 0 Å². The molecule has 0 bridgehead atoms. The van der Waals surface area contributed by atoms with Crippen LogP contribution < -0.4 is 16.5 Å². The van der Waals surface area contributed by atoms with Crippen LogP contribution in [0.15, 0.2) is 63.8 Å². The Balaban J connectivity index is 1.99. The predicted octanol–water partition coefficient (Wildman–Crippen LogP) is 3.48. The molecule has 0 atom stereocenters. The largest absolute Gasteiger partial charge is 0.508 e. The van der Waals surface area contributed by atoms with Crippen LogP contribution in [0, 0.1) is 6.92 Å². The summed E-state index contributed by atoms with van der Waals surface area (Å²) in [4.78, 5) is 23.4. The van der Waals surface area contributed by atoms with Crippen molar-refractivity contribution in [3.63, 3.8) is 0 Å². The van der Waals surface area contributed by atoms with Crippen LogP contribution in [-0.2, 0) is 4.79 Å². The van der Waals surface area contributed by atoms with Crippen molar-refractivity contribution in [2.24, 2.45) is 5.73 Å². The average molecular weight is 374 g/mol. The van der Waals surface area contributed by atoms with Crippen molar-refractivity contribution in [2.75, 3.05) is 11.9 Å². The van der Waals surface area contributed by atoms with Gasteiger partial charge in [0.25, 0.3) is 0 Å². The second-order valence-corrected chi connectivity index (χ2v) is 6.60. The number of fused-ring (bicyclic) bond motifs is 2. The molecule has 2 aromatic carbocycles. The quantitative estimate of drug-likeness (QED) is 0.476. The number of benzene rings is 3. The van der Waals surface area contributed by atoms with Gasteiger partial charge in [0.15, 0.2) is 5.43 Å². The van der Waals surface area contributed by atoms with Crippen LogP contribution in [0.1, 0.15) is 5.56 Å². The zero-order valence-corrected chi connectivity index (χ0v) is 15.2. The highest BCUT2D eigenvalue weighted by atomic mass is 16.3. The number of anilines is 1. The second kappa shape index (κ2) is 6.83. The molecule has 28 heavy (non-hydrogen) atoms. The number of aryl methyl sites for hydroxylation is 1. The number of nitrogens with two attached hydrogens (primary N) is 1. The molecule has 1 heterocycles. The van der Waals surface area contributed by atoms with Crippen molar-refractivity contribution in [1.29, 1.82) is 0 Å². The highest BCUT2D eigenvalue weighted by Gasteiger charge is 2.19. The van der Waals surface area contributed by atoms with Gasteiger partial charge < -0.3 is 20.6 Å². The Kier molecular flexibility index (Phi) is 4.33. The third kappa shape index (κ3) is 3.10. The van der Waals surface area contributed by atoms with Gasteiger partial charge in [-0.3, -0.25) is 9.59 Å². The van der Waals surface area contributed by atoms with E-state index in [1.54, 1.807) is 24.3 Å². The minimum absolute atomic E-state index is 0.0800. The summed E-state index contributed by atoms with van der Waals surface area (Å²) in [5.41, 5.74) is 9.89. The van der Waals surface area contributed by atoms with Gasteiger partial charge in [-0.05, 0) is 54.4 Å². The molecule has 1 aliphatic heterocycles. The van der Waals surface area contributed by atoms with E-state index >= 15 is 0 Å². The fourth-order valence-electron chi connectivity index (χ4n) is 3.38. The molecule has 6 nitrogen and oxygen atoms in total. The van der Waals surface area contributed by atoms with Gasteiger partial charge in [0.2, 0.25) is 5.91 Å². The van der Waals surface area contributed by atoms with Crippen LogP contribution in [0.3, 0.4) is 0 Å². The van der Waals surface area contributed by atoms with Gasteiger partial charge in [0.1, 0.15) is 17.1 Å². The number of phenols is 1. The minimum Gasteiger partial charge on any atom is -0.508 e. The maximum atomic E-state index is 11.8. The third-order valence-corrected chi connectivity index (χ3v) is 4.64. The lowest BCUT2D eigenvalue weighted by Gasteiger charge is -2.17. The molecule has 6 heteroatoms. The molecule has 0 aromatic heterocycles. The number of hydrogen-bond acceptors (Lipinski definition) is 5. The normalized spacial score (nSPS) is 11.1. The fraction of sp³-hybridized carbons (Fsp3) is 0.0909. The van der Waals surface area contributed by atoms with E-state index < -0.39 is 0 Å². The third-order valence-electron chi connectivity index (χ3n) is 4.64. The second-order valence-electron chi connectivity index (χ2n) is 6.60. The van der Waals surface area contributed by atoms with E-state index in [0.29, 0.717) is 17.0 Å². The highest BCUT2D eigenvalue weighted by Crippen LogP contribution is 2.42. The number of rotatable bonds is 3. The molecule has 4 N–H and O–H groups in total. The first-order valence-corrected chi connectivity index (χ1v) is 8.77. The monoisotopic (exact) mass is 374 g/mol. The molecule has 1 aliphatic carbocycles. The Hall–Kier alpha value is -3.64. The van der Waals surface area contributed by atoms with E-state index in [4.69, 9.17) is 10.2 Å². The van der Waals surface area contributed by atoms with E-state index in [0.717, 1.165) is 27.6 Å². The molecule has 0 saturated heterocycles. The van der Waals surface area contributed by atoms with Crippen LogP contribution in [0.4, 0.5) is 5.69 Å². The molecule has 2 aliphatic rings. The molecular formula is C22H18N2O4. The lowest BCUT2D eigenvalue weighted by molar-refractivity contribution is -0.114. The Labute approximate surface area is 160 Å². The van der Waals surface area contributed by atoms with Crippen molar-refractivity contribution >= 4 is 22.6 Å². The first kappa shape index (κ1) is 17.8. The van der Waals surface area contributed by atoms with Crippen LogP contribution in [0.2, 0.25) is 0 Å². The van der Waals surface area contributed by atoms with E-state index in [9.17, 15) is 14.7 Å². The average Bonchev–Trinajstić information content (AvgIpc) is 2.66. The van der Waals surface area contributed by atoms with Gasteiger partial charge in [0.05, 0.1) is 6.54 Å². The van der Waals surface area contributed by atoms with Gasteiger partial charge in [0, 0.05) is 34.3 Å². The molecule has 2 aromatic rings. The lowest BCUT2D eigenvalue weighted by atomic mass is 9.91. The number of hydrogen-bond donors (Lipinski definition) is 3. The van der Waals surface area contributed by atoms with Crippen LogP contribution in [-0.4, -0.2) is 17.6 Å². The number of phenolic OH excluding ortho intramolecular Hbond substituents is 1. The number of amides is 1. The van der Waals surface area contributed by atoms with Gasteiger partial charge in [-0.2, -0.15) is 0 Å². The maximum Gasteiger partial charge on any atom is 0.238 e. The molecule has 4 rings (SSSR count). The Morgan fingerprint density at radius 1 is 1.07 bits per heavy atom. The Morgan fingerprint density at radius 3 is 2.61 bits per heavy atom. The topological polar surface area (TPSA) is 106 Å². The maximum absolute atomic E-state index is 11.8. The minimum atomic E-state index is -0.264. The number of carbonyl (C=O) groups excluding carboxylic acids is 1. The number of aromatic hydroxyl groups is 1. The van der Waals surface area contributed by atoms with Crippen molar-refractivity contribution in [3.8, 4) is 28.2 Å². The SMILES string of the molecule is Cc1cc(NC(=O)CN)ccc1-c1c2ccc(=O)cc-2oc2cc(O)ccc12. The highest BCUT2D eigenvalue weighted by molar-refractivity contribution is 6.03. The molecule has 0 unspecified atom stereocenters. The summed E-state index contributed by atoms with van der Waals surface area (Å²) in [6.07, 6.45) is 0. The van der Waals surface area contributed by atoms with Crippen LogP contribution >= 0.6 is 0 Å². The number of carbonyl (C=O) groups is 1. The summed E-state index contributed by atoms with van der Waals surface area (Å²) in [6, 6.07) is 15.2. The van der Waals surface area contributed by atoms with Crippen LogP contribution in [0.5, 0.6) is 5.75 Å². The Bertz CT molecular complexity index is 1240. The van der Waals surface area contributed by atoms with Crippen molar-refractivity contribution in [2.45, 2.75) is 6.92 Å². The first-order chi connectivity index (χ1) is 13.5. The molecular weight excluding hydrogens is 356 g/mol. The zero-order valence-electron chi connectivity index (χ0n) is 15.2. The standard InChI is InChI=1S/C22H18N2O4/c1-12-8-13(24-21(27)11-23)2-5-16(12)22-17-6-3-14(25)9-19(17)28-20-10-15(26)4-7-18(20)22/h2-10,25H,11,23H2,1H3,(H,24,27). The van der Waals surface area contributed by atoms with Gasteiger partial charge in [-0.1, -0.05) is 6.07 Å². The van der Waals surface area contributed by atoms with Gasteiger partial charge >= 0.3 is 0 Å². The summed E-state index contributed by atoms with van der Waals surface area (Å²) >= 11 is 0. The van der Waals surface area contributed by atoms with Gasteiger partial charge in [-0.15, -0.1) is 0 Å². The fourth-order valence-corrected chi connectivity index (χ4v) is 3.38. The molecule has 0 fully saturated rings. The van der Waals surface area contributed by atoms with Crippen molar-refractivity contribution in [3.05, 3.63) is 70.4 Å². The van der Waals surface area contributed by atoms with Crippen LogP contribution in [0.25, 0.3) is 33.4 Å². The lowest BCUT2D eigenvalue weighted by Crippen LogP contribution is -2.21. The van der Waals surface area contributed by atoms with E-state index in [1.165, 1.54) is 18.2 Å². The first-order valence-electron chi connectivity index (χ1n) is 8.77. The predicted molar refractivity (Wildman–Crippen MR) is 109 cm³/mol. The molecule has 0 radical (unpaired) electrons. The van der Waals surface area contributed by atoms with Crippen molar-refractivity contribution < 1.29 is 14.3 Å². The Morgan fingerprint density at radius 2 is 1.86 bits per heavy atom. The van der Waals surface area contributed by atoms with E-state index in [-0.39, 0.29) is 23.6 Å². The summed E-state index contributed by atoms with van der Waals surface area (Å²) in [5, 5.41) is 13.4. The summed E-state index contributed by atoms with van der Waals surface area (Å²) in [6.45, 7) is 1.86. The molecule has 0 saturated carbocycles. The number of nitrogens with one attached hydrogen (secondary N) is 1. The summed E-state index contributed by atoms with van der Waals surface area (Å²) < 4.78 is 5.87. The van der Waals surface area contributed by atoms with E-state index in [1.807, 2.05) is 19.1 Å². The smallest absolute Gasteiger partial charge is 0.238 e. The zero-order chi connectivity index (χ0) is 19.8. The molecule has 140 valence electrons. The molecule has 1 amide bonds.